The zero-order chi connectivity index (χ0) is 32.1. The van der Waals surface area contributed by atoms with Crippen LogP contribution in [0.25, 0.3) is 17.1 Å². The number of aromatic nitrogens is 3. The summed E-state index contributed by atoms with van der Waals surface area (Å²) in [6.07, 6.45) is -3.88. The molecule has 1 N–H and O–H groups in total. The van der Waals surface area contributed by atoms with Crippen LogP contribution < -0.4 is 15.0 Å². The van der Waals surface area contributed by atoms with Crippen LogP contribution >= 0.6 is 11.8 Å². The Bertz CT molecular complexity index is 1640. The Labute approximate surface area is 262 Å². The number of nitrogens with zero attached hydrogens (tertiary/aromatic N) is 5. The standard InChI is InChI=1S/C32H32F4N6O2S/c1-20(2)26-6-4-5-7-28(26)42-21(3)16-17-45-31(42)39-30(43)37-18-27(33)22-8-10-23(11-9-22)29-38-19-41(40-29)24-12-14-25(15-13-24)44-32(34,35)36/h4-15,19-21,27H,16-18H2,1-3H3,(H,37,43). The van der Waals surface area contributed by atoms with Gasteiger partial charge in [0.25, 0.3) is 0 Å². The van der Waals surface area contributed by atoms with Crippen molar-refractivity contribution in [3.05, 3.63) is 90.3 Å². The monoisotopic (exact) mass is 640 g/mol. The fourth-order valence-electron chi connectivity index (χ4n) is 4.91. The summed E-state index contributed by atoms with van der Waals surface area (Å²) < 4.78 is 57.6. The van der Waals surface area contributed by atoms with E-state index >= 15 is 4.39 Å². The van der Waals surface area contributed by atoms with Gasteiger partial charge >= 0.3 is 12.4 Å². The molecule has 4 aromatic rings. The van der Waals surface area contributed by atoms with Crippen molar-refractivity contribution >= 4 is 28.6 Å². The minimum absolute atomic E-state index is 0.157. The van der Waals surface area contributed by atoms with Crippen molar-refractivity contribution in [2.45, 2.75) is 51.7 Å². The second kappa shape index (κ2) is 13.7. The van der Waals surface area contributed by atoms with Gasteiger partial charge in [-0.25, -0.2) is 18.9 Å². The Hall–Kier alpha value is -4.39. The van der Waals surface area contributed by atoms with E-state index in [9.17, 15) is 18.0 Å². The summed E-state index contributed by atoms with van der Waals surface area (Å²) in [5.74, 6) is 1.13. The molecule has 2 amide bonds. The van der Waals surface area contributed by atoms with Gasteiger partial charge in [0.2, 0.25) is 0 Å². The Kier molecular flexibility index (Phi) is 9.76. The van der Waals surface area contributed by atoms with Crippen molar-refractivity contribution in [2.75, 3.05) is 17.2 Å². The van der Waals surface area contributed by atoms with Gasteiger partial charge in [0.1, 0.15) is 18.2 Å². The molecule has 45 heavy (non-hydrogen) atoms. The number of carbonyl (C=O) groups is 1. The smallest absolute Gasteiger partial charge is 0.406 e. The zero-order valence-corrected chi connectivity index (χ0v) is 25.6. The van der Waals surface area contributed by atoms with Gasteiger partial charge in [-0.15, -0.1) is 18.3 Å². The first-order chi connectivity index (χ1) is 21.5. The second-order valence-corrected chi connectivity index (χ2v) is 11.9. The lowest BCUT2D eigenvalue weighted by molar-refractivity contribution is -0.274. The molecule has 1 aliphatic rings. The van der Waals surface area contributed by atoms with Gasteiger partial charge < -0.3 is 15.0 Å². The maximum Gasteiger partial charge on any atom is 0.573 e. The Morgan fingerprint density at radius 3 is 2.49 bits per heavy atom. The van der Waals surface area contributed by atoms with Gasteiger partial charge in [0.15, 0.2) is 11.0 Å². The van der Waals surface area contributed by atoms with Gasteiger partial charge in [-0.05, 0) is 60.7 Å². The third-order valence-electron chi connectivity index (χ3n) is 7.22. The van der Waals surface area contributed by atoms with E-state index in [0.29, 0.717) is 33.7 Å². The van der Waals surface area contributed by atoms with E-state index in [1.54, 1.807) is 24.3 Å². The average Bonchev–Trinajstić information content (AvgIpc) is 3.50. The van der Waals surface area contributed by atoms with E-state index in [1.807, 2.05) is 18.2 Å². The minimum Gasteiger partial charge on any atom is -0.406 e. The highest BCUT2D eigenvalue weighted by molar-refractivity contribution is 8.14. The molecule has 0 radical (unpaired) electrons. The molecular weight excluding hydrogens is 608 g/mol. The number of anilines is 1. The van der Waals surface area contributed by atoms with Gasteiger partial charge in [0.05, 0.1) is 12.2 Å². The number of halogens is 4. The highest BCUT2D eigenvalue weighted by Gasteiger charge is 2.31. The maximum atomic E-state index is 15.1. The van der Waals surface area contributed by atoms with Crippen LogP contribution in [0.1, 0.15) is 50.4 Å². The Balaban J connectivity index is 1.20. The topological polar surface area (TPSA) is 84.6 Å². The first-order valence-corrected chi connectivity index (χ1v) is 15.4. The predicted molar refractivity (Wildman–Crippen MR) is 168 cm³/mol. The number of urea groups is 1. The Morgan fingerprint density at radius 2 is 1.80 bits per heavy atom. The largest absolute Gasteiger partial charge is 0.573 e. The summed E-state index contributed by atoms with van der Waals surface area (Å²) >= 11 is 1.51. The number of benzene rings is 3. The first kappa shape index (κ1) is 32.0. The number of nitrogens with one attached hydrogen (secondary N) is 1. The number of carbonyl (C=O) groups excluding carboxylic acids is 1. The van der Waals surface area contributed by atoms with E-state index in [0.717, 1.165) is 17.9 Å². The quantitative estimate of drug-likeness (QED) is 0.196. The number of hydrogen-bond acceptors (Lipinski definition) is 5. The summed E-state index contributed by atoms with van der Waals surface area (Å²) in [7, 11) is 0. The van der Waals surface area contributed by atoms with Crippen LogP contribution in [0, 0.1) is 0 Å². The highest BCUT2D eigenvalue weighted by atomic mass is 32.2. The number of ether oxygens (including phenoxy) is 1. The van der Waals surface area contributed by atoms with Gasteiger partial charge in [-0.1, -0.05) is 68.1 Å². The van der Waals surface area contributed by atoms with Gasteiger partial charge in [-0.3, -0.25) is 0 Å². The van der Waals surface area contributed by atoms with Crippen molar-refractivity contribution in [1.29, 1.82) is 0 Å². The molecule has 1 aliphatic heterocycles. The molecule has 3 aromatic carbocycles. The van der Waals surface area contributed by atoms with E-state index in [4.69, 9.17) is 0 Å². The predicted octanol–water partition coefficient (Wildman–Crippen LogP) is 8.06. The minimum atomic E-state index is -4.78. The molecule has 1 aromatic heterocycles. The van der Waals surface area contributed by atoms with Crippen LogP contribution in [-0.2, 0) is 0 Å². The number of amides is 2. The molecule has 13 heteroatoms. The van der Waals surface area contributed by atoms with Crippen LogP contribution in [0.3, 0.4) is 0 Å². The molecule has 0 saturated carbocycles. The number of aliphatic imine (C=N–C) groups is 1. The van der Waals surface area contributed by atoms with Crippen LogP contribution in [0.5, 0.6) is 5.75 Å². The summed E-state index contributed by atoms with van der Waals surface area (Å²) in [6.45, 7) is 6.12. The molecular formula is C32H32F4N6O2S. The summed E-state index contributed by atoms with van der Waals surface area (Å²) in [4.78, 5) is 23.5. The van der Waals surface area contributed by atoms with E-state index in [1.165, 1.54) is 52.6 Å². The normalized spacial score (nSPS) is 17.0. The molecule has 2 heterocycles. The Morgan fingerprint density at radius 1 is 1.09 bits per heavy atom. The number of para-hydroxylation sites is 1. The van der Waals surface area contributed by atoms with Gasteiger partial charge in [0, 0.05) is 23.0 Å². The van der Waals surface area contributed by atoms with Crippen LogP contribution in [0.2, 0.25) is 0 Å². The zero-order valence-electron chi connectivity index (χ0n) is 24.8. The fourth-order valence-corrected chi connectivity index (χ4v) is 6.12. The fraction of sp³-hybridized carbons (Fsp3) is 0.312. The summed E-state index contributed by atoms with van der Waals surface area (Å²) in [5, 5.41) is 7.55. The number of amidine groups is 1. The second-order valence-electron chi connectivity index (χ2n) is 10.8. The lowest BCUT2D eigenvalue weighted by atomic mass is 9.99. The van der Waals surface area contributed by atoms with Crippen molar-refractivity contribution in [3.8, 4) is 22.8 Å². The molecule has 0 bridgehead atoms. The molecule has 2 unspecified atom stereocenters. The molecule has 0 aliphatic carbocycles. The van der Waals surface area contributed by atoms with Gasteiger partial charge in [-0.2, -0.15) is 4.99 Å². The molecule has 1 saturated heterocycles. The number of thioether (sulfide) groups is 1. The van der Waals surface area contributed by atoms with E-state index in [2.05, 4.69) is 56.9 Å². The number of alkyl halides is 4. The van der Waals surface area contributed by atoms with Crippen LogP contribution in [0.15, 0.2) is 84.1 Å². The van der Waals surface area contributed by atoms with Crippen LogP contribution in [0.4, 0.5) is 28.0 Å². The third kappa shape index (κ3) is 8.01. The lowest BCUT2D eigenvalue weighted by Crippen LogP contribution is -2.42. The van der Waals surface area contributed by atoms with E-state index < -0.39 is 18.6 Å². The SMILES string of the molecule is CC(C)c1ccccc1N1C(=NC(=O)NCC(F)c2ccc(-c3ncn(-c4ccc(OC(F)(F)F)cc4)n3)cc2)SCCC1C. The molecule has 5 rings (SSSR count). The van der Waals surface area contributed by atoms with Crippen molar-refractivity contribution in [2.24, 2.45) is 4.99 Å². The average molecular weight is 641 g/mol. The maximum absolute atomic E-state index is 15.1. The summed E-state index contributed by atoms with van der Waals surface area (Å²) in [5.41, 5.74) is 3.65. The number of rotatable bonds is 8. The highest BCUT2D eigenvalue weighted by Crippen LogP contribution is 2.35. The molecule has 236 valence electrons. The van der Waals surface area contributed by atoms with E-state index in [-0.39, 0.29) is 18.3 Å². The third-order valence-corrected chi connectivity index (χ3v) is 8.20. The molecule has 0 spiro atoms. The van der Waals surface area contributed by atoms with Crippen molar-refractivity contribution in [1.82, 2.24) is 20.1 Å². The molecule has 2 atom stereocenters. The number of hydrogen-bond donors (Lipinski definition) is 1. The van der Waals surface area contributed by atoms with Crippen LogP contribution in [-0.4, -0.2) is 50.7 Å². The molecule has 1 fully saturated rings. The lowest BCUT2D eigenvalue weighted by Gasteiger charge is -2.37. The first-order valence-electron chi connectivity index (χ1n) is 14.4. The van der Waals surface area contributed by atoms with Crippen molar-refractivity contribution in [3.63, 3.8) is 0 Å². The van der Waals surface area contributed by atoms with Crippen molar-refractivity contribution < 1.29 is 27.1 Å². The molecule has 8 nitrogen and oxygen atoms in total. The summed E-state index contributed by atoms with van der Waals surface area (Å²) in [6, 6.07) is 19.4.